The number of hydrogen-bond donors (Lipinski definition) is 1. The summed E-state index contributed by atoms with van der Waals surface area (Å²) >= 11 is 1.60. The van der Waals surface area contributed by atoms with Crippen LogP contribution in [0, 0.1) is 11.3 Å². The number of thioether (sulfide) groups is 1. The minimum absolute atomic E-state index is 0.00112. The molecule has 1 heterocycles. The number of ether oxygens (including phenoxy) is 1. The van der Waals surface area contributed by atoms with Gasteiger partial charge >= 0.3 is 0 Å². The fraction of sp³-hybridized carbons (Fsp3) is 0.526. The highest BCUT2D eigenvalue weighted by Gasteiger charge is 2.12. The molecule has 24 heavy (non-hydrogen) atoms. The highest BCUT2D eigenvalue weighted by atomic mass is 32.2. The van der Waals surface area contributed by atoms with Gasteiger partial charge < -0.3 is 10.1 Å². The number of hydrogen-bond acceptors (Lipinski definition) is 5. The van der Waals surface area contributed by atoms with Gasteiger partial charge in [0, 0.05) is 12.1 Å². The Morgan fingerprint density at radius 3 is 2.96 bits per heavy atom. The van der Waals surface area contributed by atoms with Crippen molar-refractivity contribution < 1.29 is 4.74 Å². The van der Waals surface area contributed by atoms with Crippen LogP contribution >= 0.6 is 11.8 Å². The zero-order valence-corrected chi connectivity index (χ0v) is 15.3. The molecule has 0 radical (unpaired) electrons. The fourth-order valence-electron chi connectivity index (χ4n) is 2.84. The van der Waals surface area contributed by atoms with Crippen LogP contribution in [0.25, 0.3) is 0 Å². The normalized spacial score (nSPS) is 15.8. The second-order valence-electron chi connectivity index (χ2n) is 6.04. The summed E-state index contributed by atoms with van der Waals surface area (Å²) in [7, 11) is 0. The van der Waals surface area contributed by atoms with E-state index in [2.05, 4.69) is 41.1 Å². The van der Waals surface area contributed by atoms with E-state index >= 15 is 0 Å². The first-order valence-electron chi connectivity index (χ1n) is 8.52. The maximum absolute atomic E-state index is 8.88. The van der Waals surface area contributed by atoms with E-state index in [4.69, 9.17) is 10.00 Å². The summed E-state index contributed by atoms with van der Waals surface area (Å²) < 4.78 is 5.86. The van der Waals surface area contributed by atoms with Crippen LogP contribution < -0.4 is 10.1 Å². The molecule has 5 heteroatoms. The molecular weight excluding hydrogens is 318 g/mol. The average Bonchev–Trinajstić information content (AvgIpc) is 3.11. The van der Waals surface area contributed by atoms with Gasteiger partial charge in [0.05, 0.1) is 18.0 Å². The summed E-state index contributed by atoms with van der Waals surface area (Å²) in [6, 6.07) is 10.5. The lowest BCUT2D eigenvalue weighted by Gasteiger charge is -2.16. The third-order valence-corrected chi connectivity index (χ3v) is 5.04. The smallest absolute Gasteiger partial charge is 0.119 e. The molecule has 0 spiro atoms. The van der Waals surface area contributed by atoms with Crippen molar-refractivity contribution in [2.24, 2.45) is 0 Å². The summed E-state index contributed by atoms with van der Waals surface area (Å²) in [5, 5.41) is 12.2. The van der Waals surface area contributed by atoms with Crippen molar-refractivity contribution in [2.75, 3.05) is 32.5 Å². The minimum Gasteiger partial charge on any atom is -0.494 e. The predicted molar refractivity (Wildman–Crippen MR) is 101 cm³/mol. The van der Waals surface area contributed by atoms with E-state index < -0.39 is 0 Å². The Hall–Kier alpha value is -1.48. The van der Waals surface area contributed by atoms with E-state index in [1.54, 1.807) is 11.8 Å². The van der Waals surface area contributed by atoms with E-state index in [9.17, 15) is 0 Å². The Morgan fingerprint density at radius 1 is 1.46 bits per heavy atom. The first-order chi connectivity index (χ1) is 11.7. The third-order valence-electron chi connectivity index (χ3n) is 4.12. The molecule has 1 unspecified atom stereocenters. The molecule has 1 aliphatic rings. The van der Waals surface area contributed by atoms with Gasteiger partial charge in [0.2, 0.25) is 0 Å². The van der Waals surface area contributed by atoms with E-state index in [1.807, 2.05) is 12.3 Å². The maximum atomic E-state index is 8.88. The minimum atomic E-state index is -0.00112. The molecule has 0 saturated carbocycles. The molecule has 4 nitrogen and oxygen atoms in total. The highest BCUT2D eigenvalue weighted by molar-refractivity contribution is 7.99. The average molecular weight is 346 g/mol. The number of rotatable bonds is 10. The molecule has 1 aromatic carbocycles. The van der Waals surface area contributed by atoms with Crippen LogP contribution in [0.4, 0.5) is 0 Å². The molecule has 1 aliphatic heterocycles. The van der Waals surface area contributed by atoms with Gasteiger partial charge in [-0.2, -0.15) is 5.26 Å². The zero-order chi connectivity index (χ0) is 17.2. The summed E-state index contributed by atoms with van der Waals surface area (Å²) in [5.41, 5.74) is 1.89. The molecular formula is C19H27N3OS. The van der Waals surface area contributed by atoms with Crippen LogP contribution in [0.2, 0.25) is 0 Å². The van der Waals surface area contributed by atoms with Crippen molar-refractivity contribution in [1.82, 2.24) is 10.2 Å². The zero-order valence-electron chi connectivity index (χ0n) is 14.5. The number of nitrogens with zero attached hydrogens (tertiary/aromatic N) is 2. The van der Waals surface area contributed by atoms with Crippen molar-refractivity contribution in [2.45, 2.75) is 31.2 Å². The standard InChI is InChI=1S/C19H27N3OS/c1-16(14-20)19(24-2)21-9-6-12-23-18-8-5-7-17(13-18)15-22-10-3-4-11-22/h5,7-8,13,19,21H,1,3-4,6,9-12,15H2,2H3. The Balaban J connectivity index is 1.68. The number of likely N-dealkylation sites (tertiary alicyclic amines) is 1. The Morgan fingerprint density at radius 2 is 2.25 bits per heavy atom. The third kappa shape index (κ3) is 6.20. The molecule has 0 aromatic heterocycles. The van der Waals surface area contributed by atoms with Crippen molar-refractivity contribution in [3.05, 3.63) is 42.0 Å². The quantitative estimate of drug-likeness (QED) is 0.400. The van der Waals surface area contributed by atoms with Gasteiger partial charge in [0.15, 0.2) is 0 Å². The number of nitrogens with one attached hydrogen (secondary N) is 1. The lowest BCUT2D eigenvalue weighted by molar-refractivity contribution is 0.305. The molecule has 1 atom stereocenters. The highest BCUT2D eigenvalue weighted by Crippen LogP contribution is 2.18. The molecule has 0 bridgehead atoms. The van der Waals surface area contributed by atoms with Gasteiger partial charge in [-0.1, -0.05) is 18.7 Å². The second kappa shape index (κ2) is 10.4. The van der Waals surface area contributed by atoms with Gasteiger partial charge in [0.25, 0.3) is 0 Å². The van der Waals surface area contributed by atoms with Gasteiger partial charge in [-0.15, -0.1) is 11.8 Å². The van der Waals surface area contributed by atoms with Crippen molar-refractivity contribution >= 4 is 11.8 Å². The van der Waals surface area contributed by atoms with Crippen LogP contribution in [-0.4, -0.2) is 42.8 Å². The molecule has 1 saturated heterocycles. The SMILES string of the molecule is C=C(C#N)C(NCCCOc1cccc(CN2CCCC2)c1)SC. The van der Waals surface area contributed by atoms with Crippen molar-refractivity contribution in [3.8, 4) is 11.8 Å². The molecule has 2 rings (SSSR count). The van der Waals surface area contributed by atoms with Gasteiger partial charge in [0.1, 0.15) is 5.75 Å². The van der Waals surface area contributed by atoms with Gasteiger partial charge in [-0.25, -0.2) is 0 Å². The van der Waals surface area contributed by atoms with Crippen LogP contribution in [0.1, 0.15) is 24.8 Å². The Kier molecular flexibility index (Phi) is 8.17. The first-order valence-corrected chi connectivity index (χ1v) is 9.81. The van der Waals surface area contributed by atoms with Crippen LogP contribution in [-0.2, 0) is 6.54 Å². The van der Waals surface area contributed by atoms with E-state index in [-0.39, 0.29) is 5.37 Å². The van der Waals surface area contributed by atoms with Crippen molar-refractivity contribution in [3.63, 3.8) is 0 Å². The fourth-order valence-corrected chi connectivity index (χ4v) is 3.46. The largest absolute Gasteiger partial charge is 0.494 e. The van der Waals surface area contributed by atoms with E-state index in [1.165, 1.54) is 31.5 Å². The second-order valence-corrected chi connectivity index (χ2v) is 6.98. The van der Waals surface area contributed by atoms with Crippen LogP contribution in [0.5, 0.6) is 5.75 Å². The summed E-state index contributed by atoms with van der Waals surface area (Å²) in [6.45, 7) is 8.67. The predicted octanol–water partition coefficient (Wildman–Crippen LogP) is 3.41. The molecule has 130 valence electrons. The lowest BCUT2D eigenvalue weighted by atomic mass is 10.2. The molecule has 1 fully saturated rings. The Bertz CT molecular complexity index is 564. The maximum Gasteiger partial charge on any atom is 0.119 e. The first kappa shape index (κ1) is 18.9. The molecule has 0 aliphatic carbocycles. The summed E-state index contributed by atoms with van der Waals surface area (Å²) in [6.07, 6.45) is 5.51. The summed E-state index contributed by atoms with van der Waals surface area (Å²) in [4.78, 5) is 2.49. The van der Waals surface area contributed by atoms with Crippen molar-refractivity contribution in [1.29, 1.82) is 5.26 Å². The van der Waals surface area contributed by atoms with Crippen LogP contribution in [0.3, 0.4) is 0 Å². The number of benzene rings is 1. The van der Waals surface area contributed by atoms with E-state index in [0.29, 0.717) is 12.2 Å². The van der Waals surface area contributed by atoms with Gasteiger partial charge in [-0.05, 0) is 62.8 Å². The topological polar surface area (TPSA) is 48.3 Å². The monoisotopic (exact) mass is 345 g/mol. The molecule has 0 amide bonds. The lowest BCUT2D eigenvalue weighted by Crippen LogP contribution is -2.28. The number of nitriles is 1. The molecule has 1 N–H and O–H groups in total. The van der Waals surface area contributed by atoms with E-state index in [0.717, 1.165) is 25.3 Å². The van der Waals surface area contributed by atoms with Gasteiger partial charge in [-0.3, -0.25) is 4.90 Å². The summed E-state index contributed by atoms with van der Waals surface area (Å²) in [5.74, 6) is 0.939. The van der Waals surface area contributed by atoms with Crippen LogP contribution in [0.15, 0.2) is 36.4 Å². The Labute approximate surface area is 149 Å². The molecule has 1 aromatic rings.